The molecular formula is C20H39N3O5S. The van der Waals surface area contributed by atoms with Crippen LogP contribution in [0.25, 0.3) is 0 Å². The molecule has 1 aliphatic carbocycles. The molecule has 0 spiro atoms. The van der Waals surface area contributed by atoms with Gasteiger partial charge in [0.2, 0.25) is 0 Å². The number of nitrogens with zero attached hydrogens (tertiary/aromatic N) is 2. The van der Waals surface area contributed by atoms with Crippen molar-refractivity contribution in [3.63, 3.8) is 0 Å². The third-order valence-electron chi connectivity index (χ3n) is 6.32. The third kappa shape index (κ3) is 6.29. The van der Waals surface area contributed by atoms with E-state index in [0.717, 1.165) is 35.9 Å². The van der Waals surface area contributed by atoms with Crippen LogP contribution in [0.3, 0.4) is 0 Å². The van der Waals surface area contributed by atoms with Crippen LogP contribution in [0.15, 0.2) is 0 Å². The molecule has 0 radical (unpaired) electrons. The van der Waals surface area contributed by atoms with Gasteiger partial charge in [-0.3, -0.25) is 4.90 Å². The first-order valence-electron chi connectivity index (χ1n) is 10.8. The van der Waals surface area contributed by atoms with Crippen molar-refractivity contribution in [2.45, 2.75) is 84.0 Å². The minimum Gasteiger partial charge on any atom is -0.450 e. The fourth-order valence-electron chi connectivity index (χ4n) is 4.45. The zero-order chi connectivity index (χ0) is 21.8. The monoisotopic (exact) mass is 433 g/mol. The molecule has 1 aliphatic heterocycles. The van der Waals surface area contributed by atoms with E-state index >= 15 is 0 Å². The largest absolute Gasteiger partial charge is 0.450 e. The molecule has 1 saturated heterocycles. The summed E-state index contributed by atoms with van der Waals surface area (Å²) in [5.74, 6) is 1.44. The molecule has 1 saturated carbocycles. The maximum atomic E-state index is 12.5. The highest BCUT2D eigenvalue weighted by Crippen LogP contribution is 2.32. The summed E-state index contributed by atoms with van der Waals surface area (Å²) in [6, 6.07) is -0.926. The van der Waals surface area contributed by atoms with Crippen molar-refractivity contribution in [1.82, 2.24) is 13.9 Å². The minimum atomic E-state index is -3.61. The summed E-state index contributed by atoms with van der Waals surface area (Å²) in [5, 5.41) is 0. The summed E-state index contributed by atoms with van der Waals surface area (Å²) >= 11 is 0. The van der Waals surface area contributed by atoms with Gasteiger partial charge in [0, 0.05) is 26.2 Å². The normalized spacial score (nSPS) is 30.9. The number of hydrogen-bond acceptors (Lipinski definition) is 5. The molecule has 29 heavy (non-hydrogen) atoms. The van der Waals surface area contributed by atoms with E-state index in [1.165, 1.54) is 14.1 Å². The highest BCUT2D eigenvalue weighted by Gasteiger charge is 2.45. The fraction of sp³-hybridized carbons (Fsp3) is 0.950. The number of nitrogens with one attached hydrogen (secondary N) is 1. The minimum absolute atomic E-state index is 0.130. The number of ether oxygens (including phenoxy) is 2. The number of amides is 1. The first-order valence-corrected chi connectivity index (χ1v) is 12.3. The molecule has 2 rings (SSSR count). The van der Waals surface area contributed by atoms with Crippen molar-refractivity contribution >= 4 is 16.3 Å². The highest BCUT2D eigenvalue weighted by molar-refractivity contribution is 7.87. The Bertz CT molecular complexity index is 632. The molecular weight excluding hydrogens is 394 g/mol. The fourth-order valence-corrected chi connectivity index (χ4v) is 5.30. The smallest absolute Gasteiger partial charge is 0.410 e. The lowest BCUT2D eigenvalue weighted by molar-refractivity contribution is -0.0172. The Balaban J connectivity index is 2.07. The SMILES string of the molecule is CCOC(=O)N1C(C)CC(NS(=O)(=O)N(C)C)C1COC1CCC(C(C)C)CC1. The number of hydrogen-bond donors (Lipinski definition) is 1. The molecule has 9 heteroatoms. The topological polar surface area (TPSA) is 88.2 Å². The van der Waals surface area contributed by atoms with Crippen LogP contribution in [0.4, 0.5) is 4.79 Å². The lowest BCUT2D eigenvalue weighted by atomic mass is 9.80. The molecule has 0 aromatic carbocycles. The second-order valence-electron chi connectivity index (χ2n) is 8.88. The molecule has 1 heterocycles. The van der Waals surface area contributed by atoms with Gasteiger partial charge >= 0.3 is 6.09 Å². The van der Waals surface area contributed by atoms with Crippen LogP contribution < -0.4 is 4.72 Å². The predicted octanol–water partition coefficient (Wildman–Crippen LogP) is 2.60. The van der Waals surface area contributed by atoms with E-state index in [-0.39, 0.29) is 24.8 Å². The van der Waals surface area contributed by atoms with E-state index < -0.39 is 22.3 Å². The summed E-state index contributed by atoms with van der Waals surface area (Å²) in [6.07, 6.45) is 4.61. The molecule has 2 aliphatic rings. The molecule has 0 bridgehead atoms. The number of likely N-dealkylation sites (tertiary alicyclic amines) is 1. The molecule has 3 atom stereocenters. The van der Waals surface area contributed by atoms with Gasteiger partial charge < -0.3 is 9.47 Å². The van der Waals surface area contributed by atoms with Gasteiger partial charge in [-0.25, -0.2) is 4.79 Å². The van der Waals surface area contributed by atoms with E-state index in [1.807, 2.05) is 6.92 Å². The standard InChI is InChI=1S/C20H39N3O5S/c1-7-27-20(24)23-15(4)12-18(21-29(25,26)22(5)6)19(23)13-28-17-10-8-16(9-11-17)14(2)3/h14-19,21H,7-13H2,1-6H3. The van der Waals surface area contributed by atoms with E-state index in [9.17, 15) is 13.2 Å². The van der Waals surface area contributed by atoms with Crippen molar-refractivity contribution in [1.29, 1.82) is 0 Å². The summed E-state index contributed by atoms with van der Waals surface area (Å²) < 4.78 is 40.1. The Morgan fingerprint density at radius 3 is 2.34 bits per heavy atom. The van der Waals surface area contributed by atoms with Crippen molar-refractivity contribution in [2.24, 2.45) is 11.8 Å². The van der Waals surface area contributed by atoms with Gasteiger partial charge in [-0.1, -0.05) is 13.8 Å². The lowest BCUT2D eigenvalue weighted by Gasteiger charge is -2.34. The first kappa shape index (κ1) is 24.4. The van der Waals surface area contributed by atoms with Gasteiger partial charge in [-0.2, -0.15) is 17.4 Å². The van der Waals surface area contributed by atoms with Gasteiger partial charge in [0.25, 0.3) is 10.2 Å². The molecule has 170 valence electrons. The second kappa shape index (κ2) is 10.4. The Morgan fingerprint density at radius 2 is 1.83 bits per heavy atom. The molecule has 1 N–H and O–H groups in total. The average molecular weight is 434 g/mol. The van der Waals surface area contributed by atoms with Crippen LogP contribution in [0.5, 0.6) is 0 Å². The van der Waals surface area contributed by atoms with Gasteiger partial charge in [0.05, 0.1) is 25.4 Å². The van der Waals surface area contributed by atoms with Crippen molar-refractivity contribution in [3.8, 4) is 0 Å². The highest BCUT2D eigenvalue weighted by atomic mass is 32.2. The van der Waals surface area contributed by atoms with Crippen LogP contribution in [-0.4, -0.2) is 75.3 Å². The molecule has 0 aromatic heterocycles. The van der Waals surface area contributed by atoms with Crippen LogP contribution >= 0.6 is 0 Å². The quantitative estimate of drug-likeness (QED) is 0.636. The van der Waals surface area contributed by atoms with Crippen molar-refractivity contribution in [2.75, 3.05) is 27.3 Å². The van der Waals surface area contributed by atoms with E-state index in [4.69, 9.17) is 9.47 Å². The van der Waals surface area contributed by atoms with E-state index in [1.54, 1.807) is 11.8 Å². The zero-order valence-corrected chi connectivity index (χ0v) is 19.6. The van der Waals surface area contributed by atoms with Gasteiger partial charge in [0.1, 0.15) is 0 Å². The molecule has 0 aromatic rings. The summed E-state index contributed by atoms with van der Waals surface area (Å²) in [6.45, 7) is 8.81. The summed E-state index contributed by atoms with van der Waals surface area (Å²) in [7, 11) is -0.633. The summed E-state index contributed by atoms with van der Waals surface area (Å²) in [4.78, 5) is 14.2. The molecule has 3 unspecified atom stereocenters. The molecule has 1 amide bonds. The first-order chi connectivity index (χ1) is 13.6. The van der Waals surface area contributed by atoms with Crippen LogP contribution in [0.1, 0.15) is 59.8 Å². The van der Waals surface area contributed by atoms with Crippen LogP contribution in [0.2, 0.25) is 0 Å². The van der Waals surface area contributed by atoms with Crippen molar-refractivity contribution < 1.29 is 22.7 Å². The summed E-state index contributed by atoms with van der Waals surface area (Å²) in [5.41, 5.74) is 0. The Labute approximate surface area is 176 Å². The van der Waals surface area contributed by atoms with Crippen molar-refractivity contribution in [3.05, 3.63) is 0 Å². The maximum Gasteiger partial charge on any atom is 0.410 e. The maximum absolute atomic E-state index is 12.5. The van der Waals surface area contributed by atoms with Crippen LogP contribution in [-0.2, 0) is 19.7 Å². The second-order valence-corrected chi connectivity index (χ2v) is 10.8. The van der Waals surface area contributed by atoms with Gasteiger partial charge in [-0.15, -0.1) is 0 Å². The zero-order valence-electron chi connectivity index (χ0n) is 18.8. The Kier molecular flexibility index (Phi) is 8.75. The molecule has 2 fully saturated rings. The van der Waals surface area contributed by atoms with E-state index in [0.29, 0.717) is 18.9 Å². The lowest BCUT2D eigenvalue weighted by Crippen LogP contribution is -2.52. The van der Waals surface area contributed by atoms with E-state index in [2.05, 4.69) is 18.6 Å². The third-order valence-corrected chi connectivity index (χ3v) is 7.88. The van der Waals surface area contributed by atoms with Gasteiger partial charge in [0.15, 0.2) is 0 Å². The Hall–Kier alpha value is -0.900. The van der Waals surface area contributed by atoms with Crippen LogP contribution in [0, 0.1) is 11.8 Å². The predicted molar refractivity (Wildman–Crippen MR) is 113 cm³/mol. The Morgan fingerprint density at radius 1 is 1.21 bits per heavy atom. The number of carbonyl (C=O) groups excluding carboxylic acids is 1. The number of rotatable bonds is 8. The molecule has 8 nitrogen and oxygen atoms in total. The average Bonchev–Trinajstić information content (AvgIpc) is 2.94. The number of carbonyl (C=O) groups is 1. The van der Waals surface area contributed by atoms with Gasteiger partial charge in [-0.05, 0) is 57.8 Å².